The number of carbonyl (C=O) groups is 1. The molecule has 3 rings (SSSR count). The van der Waals surface area contributed by atoms with Crippen LogP contribution in [0.25, 0.3) is 0 Å². The minimum Gasteiger partial charge on any atom is -0.385 e. The maximum atomic E-state index is 14.4. The Bertz CT molecular complexity index is 721. The largest absolute Gasteiger partial charge is 0.385 e. The number of rotatable bonds is 9. The number of nitrogens with zero attached hydrogens (tertiary/aromatic N) is 2. The van der Waals surface area contributed by atoms with Crippen LogP contribution < -0.4 is 10.2 Å². The summed E-state index contributed by atoms with van der Waals surface area (Å²) >= 11 is 11.9. The standard InChI is InChI=1S/C23H34Cl2FN3O2/c1-31-16-2-3-21(30)27-18-6-4-17(5-7-18)10-11-28-12-14-29(15-13-28)20-9-8-19(24)22(25)23(20)26/h8-9,17-18H,2-7,10-16H2,1H3,(H,27,30)/t17-,18-. The number of halogens is 3. The van der Waals surface area contributed by atoms with E-state index in [1.54, 1.807) is 19.2 Å². The van der Waals surface area contributed by atoms with Crippen LogP contribution in [0.2, 0.25) is 10.0 Å². The van der Waals surface area contributed by atoms with E-state index in [0.29, 0.717) is 24.8 Å². The van der Waals surface area contributed by atoms with E-state index < -0.39 is 5.82 Å². The van der Waals surface area contributed by atoms with Crippen molar-refractivity contribution in [1.29, 1.82) is 0 Å². The number of benzene rings is 1. The van der Waals surface area contributed by atoms with E-state index in [1.165, 1.54) is 19.3 Å². The first-order valence-electron chi connectivity index (χ1n) is 11.4. The van der Waals surface area contributed by atoms with Crippen LogP contribution in [0.3, 0.4) is 0 Å². The second-order valence-corrected chi connectivity index (χ2v) is 9.48. The van der Waals surface area contributed by atoms with Gasteiger partial charge in [0.2, 0.25) is 5.91 Å². The molecule has 31 heavy (non-hydrogen) atoms. The third-order valence-corrected chi connectivity index (χ3v) is 7.33. The highest BCUT2D eigenvalue weighted by Crippen LogP contribution is 2.32. The first-order valence-corrected chi connectivity index (χ1v) is 12.1. The molecule has 1 saturated carbocycles. The van der Waals surface area contributed by atoms with Crippen LogP contribution in [0, 0.1) is 11.7 Å². The highest BCUT2D eigenvalue weighted by atomic mass is 35.5. The molecule has 5 nitrogen and oxygen atoms in total. The number of ether oxygens (including phenoxy) is 1. The molecular formula is C23H34Cl2FN3O2. The quantitative estimate of drug-likeness (QED) is 0.415. The molecule has 0 spiro atoms. The van der Waals surface area contributed by atoms with Gasteiger partial charge in [0.25, 0.3) is 0 Å². The molecule has 174 valence electrons. The van der Waals surface area contributed by atoms with Crippen LogP contribution >= 0.6 is 23.2 Å². The summed E-state index contributed by atoms with van der Waals surface area (Å²) in [5.74, 6) is 0.453. The normalized spacial score (nSPS) is 22.5. The summed E-state index contributed by atoms with van der Waals surface area (Å²) in [4.78, 5) is 16.5. The lowest BCUT2D eigenvalue weighted by Gasteiger charge is -2.37. The van der Waals surface area contributed by atoms with Gasteiger partial charge >= 0.3 is 0 Å². The lowest BCUT2D eigenvalue weighted by molar-refractivity contribution is -0.122. The third kappa shape index (κ3) is 7.21. The second-order valence-electron chi connectivity index (χ2n) is 8.69. The van der Waals surface area contributed by atoms with E-state index in [0.717, 1.165) is 57.9 Å². The van der Waals surface area contributed by atoms with Gasteiger partial charge in [0.15, 0.2) is 5.82 Å². The molecule has 1 N–H and O–H groups in total. The molecule has 8 heteroatoms. The summed E-state index contributed by atoms with van der Waals surface area (Å²) in [5.41, 5.74) is 0.539. The number of hydrogen-bond donors (Lipinski definition) is 1. The number of amides is 1. The van der Waals surface area contributed by atoms with Crippen LogP contribution in [-0.4, -0.2) is 63.3 Å². The second kappa shape index (κ2) is 12.2. The summed E-state index contributed by atoms with van der Waals surface area (Å²) in [5, 5.41) is 3.43. The first-order chi connectivity index (χ1) is 15.0. The van der Waals surface area contributed by atoms with Crippen molar-refractivity contribution in [2.45, 2.75) is 51.0 Å². The summed E-state index contributed by atoms with van der Waals surface area (Å²) < 4.78 is 19.4. The lowest BCUT2D eigenvalue weighted by Crippen LogP contribution is -2.47. The minimum absolute atomic E-state index is 0.00312. The Kier molecular flexibility index (Phi) is 9.70. The molecule has 0 radical (unpaired) electrons. The number of nitrogens with one attached hydrogen (secondary N) is 1. The van der Waals surface area contributed by atoms with Crippen molar-refractivity contribution >= 4 is 34.8 Å². The van der Waals surface area contributed by atoms with Gasteiger partial charge in [0.05, 0.1) is 15.7 Å². The topological polar surface area (TPSA) is 44.8 Å². The zero-order valence-electron chi connectivity index (χ0n) is 18.3. The minimum atomic E-state index is -0.426. The highest BCUT2D eigenvalue weighted by Gasteiger charge is 2.25. The fourth-order valence-electron chi connectivity index (χ4n) is 4.61. The van der Waals surface area contributed by atoms with Gasteiger partial charge in [-0.05, 0) is 63.1 Å². The molecule has 1 saturated heterocycles. The summed E-state index contributed by atoms with van der Waals surface area (Å²) in [6, 6.07) is 3.71. The SMILES string of the molecule is COCCCC(=O)N[C@H]1CC[C@H](CCN2CCN(c3ccc(Cl)c(Cl)c3F)CC2)CC1. The fraction of sp³-hybridized carbons (Fsp3) is 0.696. The number of piperazine rings is 1. The van der Waals surface area contributed by atoms with Crippen molar-refractivity contribution in [3.05, 3.63) is 28.0 Å². The zero-order chi connectivity index (χ0) is 22.2. The molecule has 1 aromatic carbocycles. The summed E-state index contributed by atoms with van der Waals surface area (Å²) in [6.07, 6.45) is 7.02. The molecule has 1 heterocycles. The van der Waals surface area contributed by atoms with E-state index in [2.05, 4.69) is 15.1 Å². The van der Waals surface area contributed by atoms with Crippen molar-refractivity contribution < 1.29 is 13.9 Å². The van der Waals surface area contributed by atoms with Crippen molar-refractivity contribution in [3.8, 4) is 0 Å². The van der Waals surface area contributed by atoms with E-state index in [4.69, 9.17) is 27.9 Å². The van der Waals surface area contributed by atoms with Crippen molar-refractivity contribution in [2.75, 3.05) is 51.3 Å². The van der Waals surface area contributed by atoms with Gasteiger partial charge in [-0.15, -0.1) is 0 Å². The summed E-state index contributed by atoms with van der Waals surface area (Å²) in [7, 11) is 1.66. The Labute approximate surface area is 195 Å². The Morgan fingerprint density at radius 2 is 1.87 bits per heavy atom. The van der Waals surface area contributed by atoms with Gasteiger partial charge < -0.3 is 15.0 Å². The van der Waals surface area contributed by atoms with Crippen molar-refractivity contribution in [1.82, 2.24) is 10.2 Å². The van der Waals surface area contributed by atoms with Gasteiger partial charge in [-0.2, -0.15) is 0 Å². The molecule has 1 aliphatic heterocycles. The van der Waals surface area contributed by atoms with Gasteiger partial charge in [-0.3, -0.25) is 9.69 Å². The monoisotopic (exact) mass is 473 g/mol. The van der Waals surface area contributed by atoms with Crippen LogP contribution in [0.4, 0.5) is 10.1 Å². The zero-order valence-corrected chi connectivity index (χ0v) is 19.9. The number of anilines is 1. The van der Waals surface area contributed by atoms with Gasteiger partial charge in [0, 0.05) is 52.4 Å². The molecule has 0 atom stereocenters. The number of hydrogen-bond acceptors (Lipinski definition) is 4. The Morgan fingerprint density at radius 1 is 1.16 bits per heavy atom. The fourth-order valence-corrected chi connectivity index (χ4v) is 4.92. The molecule has 0 aromatic heterocycles. The first kappa shape index (κ1) is 24.6. The van der Waals surface area contributed by atoms with Crippen LogP contribution in [0.5, 0.6) is 0 Å². The number of carbonyl (C=O) groups excluding carboxylic acids is 1. The Morgan fingerprint density at radius 3 is 2.55 bits per heavy atom. The maximum absolute atomic E-state index is 14.4. The average molecular weight is 474 g/mol. The molecule has 2 fully saturated rings. The van der Waals surface area contributed by atoms with Crippen LogP contribution in [0.15, 0.2) is 12.1 Å². The number of methoxy groups -OCH3 is 1. The van der Waals surface area contributed by atoms with Crippen LogP contribution in [-0.2, 0) is 9.53 Å². The molecule has 1 aromatic rings. The van der Waals surface area contributed by atoms with Gasteiger partial charge in [-0.25, -0.2) is 4.39 Å². The van der Waals surface area contributed by atoms with E-state index in [1.807, 2.05) is 0 Å². The Hall–Kier alpha value is -1.08. The smallest absolute Gasteiger partial charge is 0.220 e. The Balaban J connectivity index is 1.33. The molecule has 2 aliphatic rings. The molecule has 1 amide bonds. The maximum Gasteiger partial charge on any atom is 0.220 e. The molecule has 0 unspecified atom stereocenters. The summed E-state index contributed by atoms with van der Waals surface area (Å²) in [6.45, 7) is 5.14. The van der Waals surface area contributed by atoms with Crippen molar-refractivity contribution in [2.24, 2.45) is 5.92 Å². The predicted octanol–water partition coefficient (Wildman–Crippen LogP) is 4.75. The molecular weight excluding hydrogens is 440 g/mol. The third-order valence-electron chi connectivity index (χ3n) is 6.55. The van der Waals surface area contributed by atoms with Crippen molar-refractivity contribution in [3.63, 3.8) is 0 Å². The average Bonchev–Trinajstić information content (AvgIpc) is 2.78. The van der Waals surface area contributed by atoms with E-state index in [-0.39, 0.29) is 16.0 Å². The predicted molar refractivity (Wildman–Crippen MR) is 125 cm³/mol. The van der Waals surface area contributed by atoms with Gasteiger partial charge in [-0.1, -0.05) is 23.2 Å². The lowest BCUT2D eigenvalue weighted by atomic mass is 9.84. The van der Waals surface area contributed by atoms with Crippen LogP contribution in [0.1, 0.15) is 44.9 Å². The highest BCUT2D eigenvalue weighted by molar-refractivity contribution is 6.42. The van der Waals surface area contributed by atoms with E-state index in [9.17, 15) is 9.18 Å². The van der Waals surface area contributed by atoms with E-state index >= 15 is 0 Å². The molecule has 1 aliphatic carbocycles. The van der Waals surface area contributed by atoms with Gasteiger partial charge in [0.1, 0.15) is 0 Å². The molecule has 0 bridgehead atoms.